The molecule has 4 rings (SSSR count). The second-order valence-electron chi connectivity index (χ2n) is 11.8. The minimum absolute atomic E-state index is 0.0183. The van der Waals surface area contributed by atoms with Crippen molar-refractivity contribution in [3.05, 3.63) is 71.0 Å². The maximum Gasteiger partial charge on any atom is 0.410 e. The van der Waals surface area contributed by atoms with Gasteiger partial charge in [-0.25, -0.2) is 14.0 Å². The average molecular weight is 646 g/mol. The van der Waals surface area contributed by atoms with Crippen molar-refractivity contribution in [1.29, 1.82) is 0 Å². The smallest absolute Gasteiger partial charge is 0.410 e. The summed E-state index contributed by atoms with van der Waals surface area (Å²) in [6.07, 6.45) is -2.53. The molecule has 3 N–H and O–H groups in total. The molecule has 1 fully saturated rings. The summed E-state index contributed by atoms with van der Waals surface area (Å²) in [7, 11) is 1.40. The fourth-order valence-corrected chi connectivity index (χ4v) is 5.41. The van der Waals surface area contributed by atoms with Crippen molar-refractivity contribution in [3.63, 3.8) is 0 Å². The molecule has 0 saturated carbocycles. The molecule has 0 aromatic heterocycles. The summed E-state index contributed by atoms with van der Waals surface area (Å²) in [4.78, 5) is 67.9. The number of hydrogen-bond acceptors (Lipinski definition) is 7. The summed E-state index contributed by atoms with van der Waals surface area (Å²) in [5.41, 5.74) is 0.728. The summed E-state index contributed by atoms with van der Waals surface area (Å²) >= 11 is 6.34. The van der Waals surface area contributed by atoms with Crippen LogP contribution >= 0.6 is 11.6 Å². The highest BCUT2D eigenvalue weighted by Gasteiger charge is 2.44. The predicted molar refractivity (Wildman–Crippen MR) is 161 cm³/mol. The van der Waals surface area contributed by atoms with E-state index in [2.05, 4.69) is 16.0 Å². The number of ether oxygens (including phenoxy) is 2. The molecule has 0 bridgehead atoms. The van der Waals surface area contributed by atoms with E-state index in [-0.39, 0.29) is 32.6 Å². The zero-order valence-corrected chi connectivity index (χ0v) is 26.2. The average Bonchev–Trinajstić information content (AvgIpc) is 3.63. The molecule has 1 saturated heterocycles. The van der Waals surface area contributed by atoms with Crippen molar-refractivity contribution in [1.82, 2.24) is 25.8 Å². The number of likely N-dealkylation sites (N-methyl/N-ethyl adjacent to an activating group) is 1. The first-order chi connectivity index (χ1) is 21.3. The monoisotopic (exact) mass is 645 g/mol. The van der Waals surface area contributed by atoms with Crippen LogP contribution in [0, 0.1) is 5.82 Å². The van der Waals surface area contributed by atoms with Crippen LogP contribution in [0.3, 0.4) is 0 Å². The van der Waals surface area contributed by atoms with Gasteiger partial charge in [-0.05, 0) is 38.0 Å². The molecular formula is C31H37ClFN5O7. The van der Waals surface area contributed by atoms with Crippen molar-refractivity contribution in [3.8, 4) is 0 Å². The first kappa shape index (κ1) is 33.5. The number of carbonyl (C=O) groups is 5. The van der Waals surface area contributed by atoms with Crippen LogP contribution in [0.1, 0.15) is 49.3 Å². The number of likely N-dealkylation sites (tertiary alicyclic amines) is 1. The van der Waals surface area contributed by atoms with E-state index in [0.717, 1.165) is 0 Å². The molecule has 0 spiro atoms. The minimum Gasteiger partial charge on any atom is -0.444 e. The Morgan fingerprint density at radius 2 is 1.76 bits per heavy atom. The van der Waals surface area contributed by atoms with Gasteiger partial charge in [0.05, 0.1) is 13.1 Å². The Labute approximate surface area is 265 Å². The zero-order valence-electron chi connectivity index (χ0n) is 25.5. The molecule has 1 unspecified atom stereocenters. The molecule has 12 nitrogen and oxygen atoms in total. The Morgan fingerprint density at radius 1 is 1.04 bits per heavy atom. The van der Waals surface area contributed by atoms with Crippen LogP contribution < -0.4 is 16.0 Å². The van der Waals surface area contributed by atoms with Gasteiger partial charge < -0.3 is 30.3 Å². The second-order valence-corrected chi connectivity index (χ2v) is 12.2. The first-order valence-electron chi connectivity index (χ1n) is 14.5. The molecule has 2 heterocycles. The normalized spacial score (nSPS) is 18.8. The molecule has 0 radical (unpaired) electrons. The molecular weight excluding hydrogens is 609 g/mol. The molecule has 2 aliphatic heterocycles. The van der Waals surface area contributed by atoms with Crippen LogP contribution in [0.25, 0.3) is 0 Å². The van der Waals surface area contributed by atoms with Crippen molar-refractivity contribution in [2.24, 2.45) is 0 Å². The van der Waals surface area contributed by atoms with Gasteiger partial charge >= 0.3 is 12.2 Å². The number of carbonyl (C=O) groups excluding carboxylic acids is 5. The molecule has 14 heteroatoms. The third-order valence-electron chi connectivity index (χ3n) is 7.34. The number of fused-ring (bicyclic) bond motifs is 1. The maximum absolute atomic E-state index is 14.2. The van der Waals surface area contributed by atoms with E-state index in [1.54, 1.807) is 63.2 Å². The van der Waals surface area contributed by atoms with E-state index in [4.69, 9.17) is 21.1 Å². The highest BCUT2D eigenvalue weighted by Crippen LogP contribution is 2.28. The van der Waals surface area contributed by atoms with E-state index in [9.17, 15) is 28.4 Å². The molecule has 2 aromatic rings. The number of alkyl carbamates (subject to hydrolysis) is 1. The van der Waals surface area contributed by atoms with Gasteiger partial charge in [0.2, 0.25) is 17.7 Å². The van der Waals surface area contributed by atoms with Gasteiger partial charge in [-0.2, -0.15) is 0 Å². The highest BCUT2D eigenvalue weighted by atomic mass is 35.5. The lowest BCUT2D eigenvalue weighted by Crippen LogP contribution is -2.57. The number of nitrogens with one attached hydrogen (secondary N) is 3. The third-order valence-corrected chi connectivity index (χ3v) is 7.79. The Morgan fingerprint density at radius 3 is 2.40 bits per heavy atom. The number of alkyl halides is 1. The molecule has 242 valence electrons. The van der Waals surface area contributed by atoms with Gasteiger partial charge in [-0.3, -0.25) is 19.3 Å². The lowest BCUT2D eigenvalue weighted by molar-refractivity contribution is -0.140. The van der Waals surface area contributed by atoms with Gasteiger partial charge in [-0.1, -0.05) is 42.5 Å². The second kappa shape index (κ2) is 14.1. The Kier molecular flexibility index (Phi) is 10.5. The maximum atomic E-state index is 14.2. The molecule has 45 heavy (non-hydrogen) atoms. The van der Waals surface area contributed by atoms with Crippen LogP contribution in [0.4, 0.5) is 14.0 Å². The third kappa shape index (κ3) is 8.41. The fourth-order valence-electron chi connectivity index (χ4n) is 5.18. The van der Waals surface area contributed by atoms with E-state index >= 15 is 0 Å². The molecule has 2 aromatic carbocycles. The number of amides is 5. The van der Waals surface area contributed by atoms with Crippen LogP contribution in [0.15, 0.2) is 48.5 Å². The number of benzene rings is 2. The van der Waals surface area contributed by atoms with Crippen molar-refractivity contribution in [2.75, 3.05) is 20.1 Å². The predicted octanol–water partition coefficient (Wildman–Crippen LogP) is 2.98. The standard InChI is InChI=1S/C31H37ClFN5O7/c1-31(2,3)45-29(42)36-23(14-35-27(40)25(32)18-9-6-5-7-10-18)28(41)38-16-20(13-24(38)26(39)34-4)44-30(43)37-15-19-11-8-12-22(33)21(19)17-37/h5-12,20,23-25H,13-17H2,1-4H3,(H,34,39)(H,35,40)(H,36,42)/t20-,23+,24+,25?/m1/s1. The lowest BCUT2D eigenvalue weighted by Gasteiger charge is -2.29. The van der Waals surface area contributed by atoms with E-state index < -0.39 is 64.9 Å². The number of nitrogens with zero attached hydrogens (tertiary/aromatic N) is 2. The lowest BCUT2D eigenvalue weighted by atomic mass is 10.1. The quantitative estimate of drug-likeness (QED) is 0.374. The van der Waals surface area contributed by atoms with Crippen molar-refractivity contribution < 1.29 is 37.8 Å². The van der Waals surface area contributed by atoms with Gasteiger partial charge in [0.25, 0.3) is 0 Å². The van der Waals surface area contributed by atoms with E-state index in [1.165, 1.54) is 22.9 Å². The summed E-state index contributed by atoms with van der Waals surface area (Å²) < 4.78 is 25.2. The first-order valence-corrected chi connectivity index (χ1v) is 14.9. The number of halogens is 2. The Hall–Kier alpha value is -4.39. The molecule has 0 aliphatic carbocycles. The summed E-state index contributed by atoms with van der Waals surface area (Å²) in [5.74, 6) is -2.25. The summed E-state index contributed by atoms with van der Waals surface area (Å²) in [6, 6.07) is 10.8. The Bertz CT molecular complexity index is 1440. The van der Waals surface area contributed by atoms with Gasteiger partial charge in [0.15, 0.2) is 0 Å². The molecule has 2 aliphatic rings. The largest absolute Gasteiger partial charge is 0.444 e. The van der Waals surface area contributed by atoms with Crippen molar-refractivity contribution in [2.45, 2.75) is 69.4 Å². The number of hydrogen-bond donors (Lipinski definition) is 3. The van der Waals surface area contributed by atoms with Crippen LogP contribution in [-0.2, 0) is 36.9 Å². The molecule has 4 atom stereocenters. The van der Waals surface area contributed by atoms with Gasteiger partial charge in [0, 0.05) is 32.1 Å². The van der Waals surface area contributed by atoms with E-state index in [0.29, 0.717) is 16.7 Å². The van der Waals surface area contributed by atoms with Crippen LogP contribution in [0.2, 0.25) is 0 Å². The highest BCUT2D eigenvalue weighted by molar-refractivity contribution is 6.30. The zero-order chi connectivity index (χ0) is 32.9. The minimum atomic E-state index is -1.36. The summed E-state index contributed by atoms with van der Waals surface area (Å²) in [5, 5.41) is 6.52. The van der Waals surface area contributed by atoms with Gasteiger partial charge in [-0.15, -0.1) is 11.6 Å². The van der Waals surface area contributed by atoms with Crippen LogP contribution in [0.5, 0.6) is 0 Å². The topological polar surface area (TPSA) is 146 Å². The van der Waals surface area contributed by atoms with E-state index in [1.807, 2.05) is 0 Å². The van der Waals surface area contributed by atoms with Gasteiger partial charge in [0.1, 0.15) is 35.0 Å². The fraction of sp³-hybridized carbons (Fsp3) is 0.452. The van der Waals surface area contributed by atoms with Crippen LogP contribution in [-0.4, -0.2) is 83.6 Å². The SMILES string of the molecule is CNC(=O)[C@@H]1C[C@@H](OC(=O)N2Cc3cccc(F)c3C2)CN1C(=O)[C@H](CNC(=O)C(Cl)c1ccccc1)NC(=O)OC(C)(C)C. The molecule has 5 amide bonds. The van der Waals surface area contributed by atoms with Crippen molar-refractivity contribution >= 4 is 41.5 Å². The Balaban J connectivity index is 1.48. The number of rotatable bonds is 8. The summed E-state index contributed by atoms with van der Waals surface area (Å²) in [6.45, 7) is 4.60.